The van der Waals surface area contributed by atoms with Crippen molar-refractivity contribution in [2.45, 2.75) is 38.1 Å². The van der Waals surface area contributed by atoms with Gasteiger partial charge in [0.1, 0.15) is 5.76 Å². The summed E-state index contributed by atoms with van der Waals surface area (Å²) in [5, 5.41) is 0. The quantitative estimate of drug-likeness (QED) is 0.915. The van der Waals surface area contributed by atoms with Crippen molar-refractivity contribution >= 4 is 15.9 Å². The Hall–Kier alpha value is -0.280. The number of halogens is 1. The molecule has 4 atom stereocenters. The predicted molar refractivity (Wildman–Crippen MR) is 66.9 cm³/mol. The second-order valence-corrected chi connectivity index (χ2v) is 6.26. The van der Waals surface area contributed by atoms with Gasteiger partial charge in [0.25, 0.3) is 0 Å². The number of hydrogen-bond donors (Lipinski definition) is 1. The van der Waals surface area contributed by atoms with Gasteiger partial charge in [-0.2, -0.15) is 0 Å². The van der Waals surface area contributed by atoms with Gasteiger partial charge < -0.3 is 10.2 Å². The van der Waals surface area contributed by atoms with Crippen LogP contribution in [0.15, 0.2) is 21.2 Å². The van der Waals surface area contributed by atoms with Crippen LogP contribution in [0.2, 0.25) is 0 Å². The van der Waals surface area contributed by atoms with Gasteiger partial charge in [-0.3, -0.25) is 0 Å². The van der Waals surface area contributed by atoms with E-state index in [0.29, 0.717) is 0 Å². The third-order valence-corrected chi connectivity index (χ3v) is 5.08. The Morgan fingerprint density at radius 2 is 2.31 bits per heavy atom. The first-order valence-corrected chi connectivity index (χ1v) is 7.02. The number of rotatable bonds is 3. The molecule has 3 rings (SSSR count). The maximum Gasteiger partial charge on any atom is 0.134 e. The first kappa shape index (κ1) is 10.8. The van der Waals surface area contributed by atoms with Crippen LogP contribution in [0.3, 0.4) is 0 Å². The molecule has 1 aromatic heterocycles. The van der Waals surface area contributed by atoms with Crippen LogP contribution in [-0.2, 0) is 0 Å². The summed E-state index contributed by atoms with van der Waals surface area (Å²) in [4.78, 5) is 0. The molecule has 2 N–H and O–H groups in total. The highest BCUT2D eigenvalue weighted by Crippen LogP contribution is 2.50. The van der Waals surface area contributed by atoms with Crippen molar-refractivity contribution in [3.8, 4) is 0 Å². The van der Waals surface area contributed by atoms with Gasteiger partial charge in [0.2, 0.25) is 0 Å². The van der Waals surface area contributed by atoms with Crippen LogP contribution < -0.4 is 5.73 Å². The van der Waals surface area contributed by atoms with E-state index >= 15 is 0 Å². The van der Waals surface area contributed by atoms with Crippen LogP contribution >= 0.6 is 15.9 Å². The van der Waals surface area contributed by atoms with Crippen LogP contribution in [-0.4, -0.2) is 0 Å². The van der Waals surface area contributed by atoms with Crippen LogP contribution in [0.25, 0.3) is 0 Å². The fourth-order valence-electron chi connectivity index (χ4n) is 3.67. The number of furan rings is 1. The lowest BCUT2D eigenvalue weighted by Gasteiger charge is -2.24. The molecule has 1 aromatic rings. The normalized spacial score (nSPS) is 34.5. The van der Waals surface area contributed by atoms with E-state index in [4.69, 9.17) is 10.2 Å². The fourth-order valence-corrected chi connectivity index (χ4v) is 4.16. The Morgan fingerprint density at radius 3 is 2.88 bits per heavy atom. The molecule has 0 radical (unpaired) electrons. The minimum Gasteiger partial charge on any atom is -0.466 e. The van der Waals surface area contributed by atoms with Crippen molar-refractivity contribution in [1.29, 1.82) is 0 Å². The summed E-state index contributed by atoms with van der Waals surface area (Å²) in [6.45, 7) is 0. The molecule has 0 aliphatic heterocycles. The zero-order valence-corrected chi connectivity index (χ0v) is 10.9. The van der Waals surface area contributed by atoms with E-state index in [9.17, 15) is 0 Å². The van der Waals surface area contributed by atoms with E-state index in [2.05, 4.69) is 15.9 Å². The Kier molecular flexibility index (Phi) is 2.84. The molecular weight excluding hydrogens is 266 g/mol. The molecule has 3 heteroatoms. The molecule has 4 unspecified atom stereocenters. The van der Waals surface area contributed by atoms with Gasteiger partial charge in [-0.05, 0) is 65.4 Å². The number of fused-ring (bicyclic) bond motifs is 2. The molecule has 2 aliphatic carbocycles. The van der Waals surface area contributed by atoms with Crippen LogP contribution in [0.4, 0.5) is 0 Å². The predicted octanol–water partition coefficient (Wildman–Crippen LogP) is 3.87. The molecule has 2 bridgehead atoms. The third-order valence-electron chi connectivity index (χ3n) is 4.42. The highest BCUT2D eigenvalue weighted by atomic mass is 79.9. The van der Waals surface area contributed by atoms with Crippen molar-refractivity contribution < 1.29 is 4.42 Å². The lowest BCUT2D eigenvalue weighted by atomic mass is 9.84. The molecule has 2 fully saturated rings. The first-order valence-electron chi connectivity index (χ1n) is 6.22. The van der Waals surface area contributed by atoms with E-state index in [0.717, 1.165) is 34.4 Å². The Morgan fingerprint density at radius 1 is 1.44 bits per heavy atom. The van der Waals surface area contributed by atoms with Gasteiger partial charge in [0, 0.05) is 0 Å². The average Bonchev–Trinajstić information content (AvgIpc) is 2.92. The standard InChI is InChI=1S/C13H18BrNO/c14-11-3-4-16-13(11)12(15)7-10-6-8-1-2-9(10)5-8/h3-4,8-10,12H,1-2,5-7,15H2. The summed E-state index contributed by atoms with van der Waals surface area (Å²) >= 11 is 3.48. The first-order chi connectivity index (χ1) is 7.74. The summed E-state index contributed by atoms with van der Waals surface area (Å²) < 4.78 is 6.46. The number of nitrogens with two attached hydrogens (primary N) is 1. The highest BCUT2D eigenvalue weighted by molar-refractivity contribution is 9.10. The minimum absolute atomic E-state index is 0.0636. The van der Waals surface area contributed by atoms with E-state index in [1.807, 2.05) is 6.07 Å². The molecule has 2 saturated carbocycles. The van der Waals surface area contributed by atoms with E-state index in [-0.39, 0.29) is 6.04 Å². The summed E-state index contributed by atoms with van der Waals surface area (Å²) in [7, 11) is 0. The van der Waals surface area contributed by atoms with Gasteiger partial charge in [-0.15, -0.1) is 0 Å². The average molecular weight is 284 g/mol. The maximum absolute atomic E-state index is 6.23. The van der Waals surface area contributed by atoms with E-state index in [1.54, 1.807) is 6.26 Å². The van der Waals surface area contributed by atoms with Crippen molar-refractivity contribution in [3.05, 3.63) is 22.6 Å². The Bertz CT molecular complexity index is 376. The second kappa shape index (κ2) is 4.19. The molecule has 0 saturated heterocycles. The second-order valence-electron chi connectivity index (χ2n) is 5.41. The molecule has 0 amide bonds. The summed E-state index contributed by atoms with van der Waals surface area (Å²) in [6.07, 6.45) is 8.54. The Balaban J connectivity index is 1.65. The number of hydrogen-bond acceptors (Lipinski definition) is 2. The van der Waals surface area contributed by atoms with Gasteiger partial charge in [0.15, 0.2) is 0 Å². The summed E-state index contributed by atoms with van der Waals surface area (Å²) in [6, 6.07) is 1.99. The van der Waals surface area contributed by atoms with E-state index < -0.39 is 0 Å². The smallest absolute Gasteiger partial charge is 0.134 e. The lowest BCUT2D eigenvalue weighted by molar-refractivity contribution is 0.283. The van der Waals surface area contributed by atoms with Crippen molar-refractivity contribution in [3.63, 3.8) is 0 Å². The van der Waals surface area contributed by atoms with Crippen molar-refractivity contribution in [2.75, 3.05) is 0 Å². The fraction of sp³-hybridized carbons (Fsp3) is 0.692. The van der Waals surface area contributed by atoms with Gasteiger partial charge in [-0.1, -0.05) is 6.42 Å². The monoisotopic (exact) mass is 283 g/mol. The van der Waals surface area contributed by atoms with Gasteiger partial charge in [-0.25, -0.2) is 0 Å². The lowest BCUT2D eigenvalue weighted by Crippen LogP contribution is -2.19. The molecule has 88 valence electrons. The van der Waals surface area contributed by atoms with Crippen LogP contribution in [0.1, 0.15) is 43.9 Å². The molecular formula is C13H18BrNO. The van der Waals surface area contributed by atoms with Crippen molar-refractivity contribution in [2.24, 2.45) is 23.5 Å². The minimum atomic E-state index is 0.0636. The molecule has 0 aromatic carbocycles. The summed E-state index contributed by atoms with van der Waals surface area (Å²) in [5.41, 5.74) is 6.23. The molecule has 2 nitrogen and oxygen atoms in total. The Labute approximate surface area is 105 Å². The summed E-state index contributed by atoms with van der Waals surface area (Å²) in [5.74, 6) is 3.71. The third kappa shape index (κ3) is 1.84. The maximum atomic E-state index is 6.23. The zero-order valence-electron chi connectivity index (χ0n) is 9.36. The largest absolute Gasteiger partial charge is 0.466 e. The SMILES string of the molecule is NC(CC1CC2CCC1C2)c1occc1Br. The van der Waals surface area contributed by atoms with Crippen LogP contribution in [0.5, 0.6) is 0 Å². The van der Waals surface area contributed by atoms with Gasteiger partial charge in [0.05, 0.1) is 16.8 Å². The highest BCUT2D eigenvalue weighted by Gasteiger charge is 2.40. The zero-order chi connectivity index (χ0) is 11.1. The molecule has 1 heterocycles. The molecule has 2 aliphatic rings. The molecule has 16 heavy (non-hydrogen) atoms. The van der Waals surface area contributed by atoms with Crippen LogP contribution in [0, 0.1) is 17.8 Å². The van der Waals surface area contributed by atoms with Crippen molar-refractivity contribution in [1.82, 2.24) is 0 Å². The topological polar surface area (TPSA) is 39.2 Å². The molecule has 0 spiro atoms. The van der Waals surface area contributed by atoms with E-state index in [1.165, 1.54) is 25.7 Å². The van der Waals surface area contributed by atoms with Gasteiger partial charge >= 0.3 is 0 Å².